The Kier molecular flexibility index (Phi) is 2.17. The highest BCUT2D eigenvalue weighted by Crippen LogP contribution is 2.28. The smallest absolute Gasteiger partial charge is 0.133 e. The molecule has 0 spiro atoms. The standard InChI is InChI=1S/C12H12O/c1-2-9-13-12-8-4-6-10-5-3-7-11(10)12/h2-4,6-9H,5H2,1H3/b9-2+. The predicted octanol–water partition coefficient (Wildman–Crippen LogP) is 3.17. The second kappa shape index (κ2) is 3.48. The summed E-state index contributed by atoms with van der Waals surface area (Å²) in [4.78, 5) is 0. The summed E-state index contributed by atoms with van der Waals surface area (Å²) in [5, 5.41) is 0. The van der Waals surface area contributed by atoms with Crippen molar-refractivity contribution in [1.29, 1.82) is 0 Å². The van der Waals surface area contributed by atoms with Gasteiger partial charge in [0, 0.05) is 5.56 Å². The highest BCUT2D eigenvalue weighted by molar-refractivity contribution is 5.66. The molecule has 0 aliphatic heterocycles. The molecule has 1 aromatic carbocycles. The van der Waals surface area contributed by atoms with Crippen molar-refractivity contribution >= 4 is 6.08 Å². The maximum absolute atomic E-state index is 5.47. The lowest BCUT2D eigenvalue weighted by Gasteiger charge is -2.05. The van der Waals surface area contributed by atoms with E-state index < -0.39 is 0 Å². The van der Waals surface area contributed by atoms with E-state index in [9.17, 15) is 0 Å². The van der Waals surface area contributed by atoms with Crippen molar-refractivity contribution in [3.8, 4) is 5.75 Å². The van der Waals surface area contributed by atoms with Crippen LogP contribution >= 0.6 is 0 Å². The van der Waals surface area contributed by atoms with Crippen molar-refractivity contribution in [1.82, 2.24) is 0 Å². The average molecular weight is 172 g/mol. The van der Waals surface area contributed by atoms with Crippen LogP contribution in [0, 0.1) is 0 Å². The van der Waals surface area contributed by atoms with E-state index in [1.807, 2.05) is 25.1 Å². The van der Waals surface area contributed by atoms with Gasteiger partial charge >= 0.3 is 0 Å². The van der Waals surface area contributed by atoms with E-state index >= 15 is 0 Å². The normalized spacial score (nSPS) is 13.6. The minimum atomic E-state index is 0.948. The van der Waals surface area contributed by atoms with Gasteiger partial charge in [0.05, 0.1) is 6.26 Å². The first-order valence-electron chi connectivity index (χ1n) is 4.48. The summed E-state index contributed by atoms with van der Waals surface area (Å²) >= 11 is 0. The molecule has 1 heteroatoms. The molecule has 66 valence electrons. The van der Waals surface area contributed by atoms with Crippen molar-refractivity contribution < 1.29 is 4.74 Å². The Hall–Kier alpha value is -1.50. The Balaban J connectivity index is 2.35. The summed E-state index contributed by atoms with van der Waals surface area (Å²) in [6.45, 7) is 1.94. The molecule has 0 N–H and O–H groups in total. The molecule has 0 radical (unpaired) electrons. The Labute approximate surface area is 78.3 Å². The Morgan fingerprint density at radius 1 is 1.38 bits per heavy atom. The molecular formula is C12H12O. The lowest BCUT2D eigenvalue weighted by Crippen LogP contribution is -1.87. The Bertz CT molecular complexity index is 361. The van der Waals surface area contributed by atoms with Crippen LogP contribution in [0.25, 0.3) is 6.08 Å². The van der Waals surface area contributed by atoms with Gasteiger partial charge in [-0.2, -0.15) is 0 Å². The molecule has 1 aliphatic rings. The number of ether oxygens (including phenoxy) is 1. The van der Waals surface area contributed by atoms with Crippen LogP contribution in [0.5, 0.6) is 5.75 Å². The number of benzene rings is 1. The molecule has 0 saturated carbocycles. The van der Waals surface area contributed by atoms with Crippen molar-refractivity contribution in [3.63, 3.8) is 0 Å². The van der Waals surface area contributed by atoms with Gasteiger partial charge in [-0.05, 0) is 25.0 Å². The fourth-order valence-electron chi connectivity index (χ4n) is 1.50. The van der Waals surface area contributed by atoms with E-state index in [0.717, 1.165) is 12.2 Å². The van der Waals surface area contributed by atoms with Crippen molar-refractivity contribution in [2.24, 2.45) is 0 Å². The van der Waals surface area contributed by atoms with Gasteiger partial charge in [0.15, 0.2) is 0 Å². The van der Waals surface area contributed by atoms with E-state index in [-0.39, 0.29) is 0 Å². The molecule has 0 saturated heterocycles. The van der Waals surface area contributed by atoms with E-state index in [1.54, 1.807) is 6.26 Å². The van der Waals surface area contributed by atoms with Crippen molar-refractivity contribution in [2.75, 3.05) is 0 Å². The van der Waals surface area contributed by atoms with Gasteiger partial charge in [0.1, 0.15) is 5.75 Å². The van der Waals surface area contributed by atoms with Gasteiger partial charge in [0.25, 0.3) is 0 Å². The Morgan fingerprint density at radius 3 is 3.15 bits per heavy atom. The summed E-state index contributed by atoms with van der Waals surface area (Å²) in [6, 6.07) is 6.16. The van der Waals surface area contributed by atoms with Gasteiger partial charge in [-0.3, -0.25) is 0 Å². The van der Waals surface area contributed by atoms with Crippen LogP contribution in [-0.2, 0) is 6.42 Å². The second-order valence-electron chi connectivity index (χ2n) is 3.02. The van der Waals surface area contributed by atoms with E-state index in [0.29, 0.717) is 0 Å². The van der Waals surface area contributed by atoms with Gasteiger partial charge in [-0.15, -0.1) is 0 Å². The molecule has 1 aliphatic carbocycles. The van der Waals surface area contributed by atoms with Crippen molar-refractivity contribution in [3.05, 3.63) is 47.7 Å². The van der Waals surface area contributed by atoms with Crippen LogP contribution in [-0.4, -0.2) is 0 Å². The summed E-state index contributed by atoms with van der Waals surface area (Å²) in [5.74, 6) is 0.948. The molecule has 1 nitrogen and oxygen atoms in total. The van der Waals surface area contributed by atoms with Gasteiger partial charge in [0.2, 0.25) is 0 Å². The highest BCUT2D eigenvalue weighted by atomic mass is 16.5. The predicted molar refractivity (Wildman–Crippen MR) is 54.6 cm³/mol. The van der Waals surface area contributed by atoms with Gasteiger partial charge in [-0.1, -0.05) is 30.4 Å². The zero-order chi connectivity index (χ0) is 9.10. The first kappa shape index (κ1) is 8.11. The number of fused-ring (bicyclic) bond motifs is 1. The molecule has 0 aromatic heterocycles. The number of rotatable bonds is 2. The van der Waals surface area contributed by atoms with Crippen LogP contribution in [0.15, 0.2) is 36.6 Å². The SMILES string of the molecule is C/C=C/Oc1cccc2c1C=CC2. The zero-order valence-electron chi connectivity index (χ0n) is 7.66. The molecule has 0 amide bonds. The monoisotopic (exact) mass is 172 g/mol. The van der Waals surface area contributed by atoms with Crippen molar-refractivity contribution in [2.45, 2.75) is 13.3 Å². The summed E-state index contributed by atoms with van der Waals surface area (Å²) in [5.41, 5.74) is 2.57. The van der Waals surface area contributed by atoms with E-state index in [2.05, 4.69) is 18.2 Å². The third-order valence-electron chi connectivity index (χ3n) is 2.11. The third-order valence-corrected chi connectivity index (χ3v) is 2.11. The molecule has 0 fully saturated rings. The van der Waals surface area contributed by atoms with Gasteiger partial charge < -0.3 is 4.74 Å². The second-order valence-corrected chi connectivity index (χ2v) is 3.02. The molecule has 0 unspecified atom stereocenters. The molecule has 2 rings (SSSR count). The van der Waals surface area contributed by atoms with Crippen LogP contribution in [0.3, 0.4) is 0 Å². The fourth-order valence-corrected chi connectivity index (χ4v) is 1.50. The topological polar surface area (TPSA) is 9.23 Å². The number of hydrogen-bond donors (Lipinski definition) is 0. The van der Waals surface area contributed by atoms with E-state index in [4.69, 9.17) is 4.74 Å². The summed E-state index contributed by atoms with van der Waals surface area (Å²) in [6.07, 6.45) is 8.91. The minimum absolute atomic E-state index is 0.948. The van der Waals surface area contributed by atoms with Crippen LogP contribution in [0.4, 0.5) is 0 Å². The van der Waals surface area contributed by atoms with Crippen LogP contribution < -0.4 is 4.74 Å². The number of allylic oxidation sites excluding steroid dienone is 2. The molecular weight excluding hydrogens is 160 g/mol. The third kappa shape index (κ3) is 1.50. The molecule has 13 heavy (non-hydrogen) atoms. The molecule has 1 aromatic rings. The fraction of sp³-hybridized carbons (Fsp3) is 0.167. The largest absolute Gasteiger partial charge is 0.465 e. The molecule has 0 atom stereocenters. The maximum Gasteiger partial charge on any atom is 0.133 e. The summed E-state index contributed by atoms with van der Waals surface area (Å²) in [7, 11) is 0. The summed E-state index contributed by atoms with van der Waals surface area (Å²) < 4.78 is 5.47. The maximum atomic E-state index is 5.47. The van der Waals surface area contributed by atoms with Gasteiger partial charge in [-0.25, -0.2) is 0 Å². The van der Waals surface area contributed by atoms with Crippen LogP contribution in [0.1, 0.15) is 18.1 Å². The minimum Gasteiger partial charge on any atom is -0.465 e. The quantitative estimate of drug-likeness (QED) is 0.622. The Morgan fingerprint density at radius 2 is 2.31 bits per heavy atom. The van der Waals surface area contributed by atoms with E-state index in [1.165, 1.54) is 11.1 Å². The first-order chi connectivity index (χ1) is 6.42. The highest BCUT2D eigenvalue weighted by Gasteiger charge is 2.08. The lowest BCUT2D eigenvalue weighted by molar-refractivity contribution is 0.479. The lowest BCUT2D eigenvalue weighted by atomic mass is 10.1. The number of hydrogen-bond acceptors (Lipinski definition) is 1. The average Bonchev–Trinajstić information content (AvgIpc) is 2.62. The van der Waals surface area contributed by atoms with Crippen LogP contribution in [0.2, 0.25) is 0 Å². The molecule has 0 heterocycles. The molecule has 0 bridgehead atoms. The first-order valence-corrected chi connectivity index (χ1v) is 4.48. The zero-order valence-corrected chi connectivity index (χ0v) is 7.66.